The van der Waals surface area contributed by atoms with Crippen LogP contribution in [0.4, 0.5) is 0 Å². The molecule has 0 spiro atoms. The number of piperidine rings is 3. The van der Waals surface area contributed by atoms with Crippen LogP contribution in [-0.2, 0) is 44.4 Å². The van der Waals surface area contributed by atoms with Gasteiger partial charge in [-0.2, -0.15) is 0 Å². The maximum absolute atomic E-state index is 11.0. The van der Waals surface area contributed by atoms with E-state index in [0.29, 0.717) is 109 Å². The first-order valence-corrected chi connectivity index (χ1v) is 51.6. The summed E-state index contributed by atoms with van der Waals surface area (Å²) in [5.41, 5.74) is 4.35. The zero-order valence-electron chi connectivity index (χ0n) is 81.8. The van der Waals surface area contributed by atoms with Gasteiger partial charge in [-0.1, -0.05) is 111 Å². The Morgan fingerprint density at radius 3 is 1.10 bits per heavy atom. The Morgan fingerprint density at radius 1 is 0.347 bits per heavy atom. The molecule has 11 fully saturated rings. The molecule has 3 aromatic carbocycles. The summed E-state index contributed by atoms with van der Waals surface area (Å²) in [5.74, 6) is 4.44. The Labute approximate surface area is 745 Å². The molecule has 0 bridgehead atoms. The fourth-order valence-corrected chi connectivity index (χ4v) is 20.9. The SMILES string of the molecule is CC(=O)N1CCN(C(C)C)CC1.CC(C)N1CCCCC1C.CC(C)N1CCCCC1c1ccccc1.CC(C)N1CCOCC1C.CC(C)N1CCOCC1C.CC(C)N1CCOCC1C1CC1.CC(C)N1CCOCC1c1ccccc1.CC(C)N1CCS(=O)(=O)CC1.CC(C)N1CCS(=O)CC1.CC1CCN(C(C)C)C(c2ccccc2)C1. The lowest BCUT2D eigenvalue weighted by Crippen LogP contribution is -2.50. The van der Waals surface area contributed by atoms with Gasteiger partial charge < -0.3 is 23.8 Å². The fraction of sp³-hybridized carbons (Fsp3) is 0.810. The molecule has 10 heterocycles. The lowest BCUT2D eigenvalue weighted by atomic mass is 9.87. The quantitative estimate of drug-likeness (QED) is 0.151. The van der Waals surface area contributed by atoms with E-state index in [4.69, 9.17) is 18.9 Å². The van der Waals surface area contributed by atoms with Crippen molar-refractivity contribution >= 4 is 26.5 Å². The number of carbonyl (C=O) groups excluding carboxylic acids is 1. The van der Waals surface area contributed by atoms with Crippen molar-refractivity contribution in [3.05, 3.63) is 108 Å². The molecular formula is C100H183N11O8S2. The lowest BCUT2D eigenvalue weighted by Gasteiger charge is -2.41. The maximum Gasteiger partial charge on any atom is 0.219 e. The van der Waals surface area contributed by atoms with Crippen molar-refractivity contribution in [3.63, 3.8) is 0 Å². The third kappa shape index (κ3) is 40.5. The third-order valence-electron chi connectivity index (χ3n) is 26.4. The molecule has 21 heteroatoms. The average Bonchev–Trinajstić information content (AvgIpc) is 1.46. The Morgan fingerprint density at radius 2 is 0.702 bits per heavy atom. The molecular weight excluding hydrogens is 1550 g/mol. The van der Waals surface area contributed by atoms with Gasteiger partial charge in [0.15, 0.2) is 9.84 Å². The van der Waals surface area contributed by atoms with Crippen molar-refractivity contribution in [3.8, 4) is 0 Å². The number of hydrogen-bond donors (Lipinski definition) is 0. The molecule has 10 saturated heterocycles. The highest BCUT2D eigenvalue weighted by Gasteiger charge is 2.38. The highest BCUT2D eigenvalue weighted by atomic mass is 32.2. The first-order valence-electron chi connectivity index (χ1n) is 48.3. The number of hydrogen-bond acceptors (Lipinski definition) is 18. The van der Waals surface area contributed by atoms with E-state index in [1.54, 1.807) is 6.92 Å². The number of morpholine rings is 4. The number of carbonyl (C=O) groups is 1. The fourth-order valence-electron chi connectivity index (χ4n) is 18.6. The predicted molar refractivity (Wildman–Crippen MR) is 514 cm³/mol. The van der Waals surface area contributed by atoms with Crippen molar-refractivity contribution in [1.82, 2.24) is 53.9 Å². The van der Waals surface area contributed by atoms with Gasteiger partial charge in [-0.05, 0) is 259 Å². The minimum atomic E-state index is -2.69. The topological polar surface area (TPSA) is 141 Å². The number of amides is 1. The molecule has 698 valence electrons. The van der Waals surface area contributed by atoms with Crippen molar-refractivity contribution in [1.29, 1.82) is 0 Å². The zero-order valence-corrected chi connectivity index (χ0v) is 83.4. The summed E-state index contributed by atoms with van der Waals surface area (Å²) in [6.45, 7) is 78.3. The van der Waals surface area contributed by atoms with Crippen LogP contribution >= 0.6 is 0 Å². The number of likely N-dealkylation sites (tertiary alicyclic amines) is 3. The van der Waals surface area contributed by atoms with Crippen molar-refractivity contribution < 1.29 is 36.4 Å². The lowest BCUT2D eigenvalue weighted by molar-refractivity contribution is -0.130. The van der Waals surface area contributed by atoms with Crippen LogP contribution in [0.5, 0.6) is 0 Å². The maximum atomic E-state index is 11.0. The second-order valence-electron chi connectivity index (χ2n) is 38.9. The Kier molecular flexibility index (Phi) is 52.1. The minimum absolute atomic E-state index is 0.207. The summed E-state index contributed by atoms with van der Waals surface area (Å²) in [6, 6.07) is 43.4. The number of nitrogens with zero attached hydrogens (tertiary/aromatic N) is 11. The van der Waals surface area contributed by atoms with Gasteiger partial charge in [0.25, 0.3) is 0 Å². The molecule has 10 aliphatic heterocycles. The largest absolute Gasteiger partial charge is 0.379 e. The van der Waals surface area contributed by atoms with E-state index in [0.717, 1.165) is 160 Å². The summed E-state index contributed by atoms with van der Waals surface area (Å²) < 4.78 is 54.6. The van der Waals surface area contributed by atoms with E-state index in [1.807, 2.05) is 4.90 Å². The molecule has 121 heavy (non-hydrogen) atoms. The molecule has 1 saturated carbocycles. The second kappa shape index (κ2) is 58.3. The van der Waals surface area contributed by atoms with Crippen LogP contribution in [0.3, 0.4) is 0 Å². The number of rotatable bonds is 14. The molecule has 0 aromatic heterocycles. The number of ether oxygens (including phenoxy) is 4. The van der Waals surface area contributed by atoms with E-state index in [2.05, 4.69) is 306 Å². The van der Waals surface area contributed by atoms with Crippen LogP contribution in [0.15, 0.2) is 91.0 Å². The van der Waals surface area contributed by atoms with Gasteiger partial charge in [0.2, 0.25) is 5.91 Å². The Balaban J connectivity index is 0.000000240. The van der Waals surface area contributed by atoms with Crippen molar-refractivity contribution in [2.75, 3.05) is 174 Å². The summed E-state index contributed by atoms with van der Waals surface area (Å²) in [7, 11) is -3.21. The van der Waals surface area contributed by atoms with Gasteiger partial charge in [0.05, 0.1) is 70.4 Å². The normalized spacial score (nSPS) is 26.2. The molecule has 0 N–H and O–H groups in total. The van der Waals surface area contributed by atoms with E-state index in [-0.39, 0.29) is 5.91 Å². The molecule has 8 unspecified atom stereocenters. The van der Waals surface area contributed by atoms with E-state index >= 15 is 0 Å². The number of benzene rings is 3. The van der Waals surface area contributed by atoms with E-state index in [1.165, 1.54) is 101 Å². The summed E-state index contributed by atoms with van der Waals surface area (Å²) in [4.78, 5) is 37.8. The van der Waals surface area contributed by atoms with Gasteiger partial charge in [0.1, 0.15) is 0 Å². The Hall–Kier alpha value is -3.33. The number of piperazine rings is 1. The summed E-state index contributed by atoms with van der Waals surface area (Å²) in [6.07, 6.45) is 13.8. The highest BCUT2D eigenvalue weighted by molar-refractivity contribution is 7.91. The second-order valence-corrected chi connectivity index (χ2v) is 42.9. The molecule has 14 rings (SSSR count). The monoisotopic (exact) mass is 1730 g/mol. The highest BCUT2D eigenvalue weighted by Crippen LogP contribution is 2.38. The predicted octanol–water partition coefficient (Wildman–Crippen LogP) is 17.1. The van der Waals surface area contributed by atoms with Crippen LogP contribution in [0.2, 0.25) is 0 Å². The molecule has 19 nitrogen and oxygen atoms in total. The molecule has 0 radical (unpaired) electrons. The molecule has 3 aromatic rings. The minimum Gasteiger partial charge on any atom is -0.379 e. The standard InChI is InChI=1S/C15H23N.C14H21N.C13H19NO.C10H19NO.C9H18N2O.C9H19N.2C8H17NO.C7H15NO2S.C7H15NOS/c1-12(2)16-10-9-13(3)11-15(16)14-7-5-4-6-8-14;1-12(2)15-11-7-6-10-14(15)13-8-4-3-5-9-13;1-11(2)14-8-9-15-10-13(14)12-6-4-3-5-7-12;1-8(2)11-5-6-12-7-10(11)9-3-4-9;1-8(2)10-4-6-11(7-5-10)9(3)12;1-8(2)10-7-5-4-6-9(10)3;2*1-7(2)9-4-5-10-6-8(9)3;1-7(2)8-3-5-11(9,10)6-4-8;1-7(2)8-3-5-10(9)6-4-8/h4-8,12-13,15H,9-11H2,1-3H3;3-5,8-9,12,14H,6-7,10-11H2,1-2H3;3-7,11,13H,8-10H2,1-2H3;8-10H,3-7H2,1-2H3;8H,4-7H2,1-3H3;8-9H,4-7H2,1-3H3;2*7-8H,4-6H2,1-3H3;7H,3-6H2,1-2H3;7H,3-6H2,1-2H3. The smallest absolute Gasteiger partial charge is 0.219 e. The third-order valence-corrected chi connectivity index (χ3v) is 29.3. The van der Waals surface area contributed by atoms with Gasteiger partial charge >= 0.3 is 0 Å². The zero-order chi connectivity index (χ0) is 89.3. The molecule has 1 amide bonds. The van der Waals surface area contributed by atoms with Gasteiger partial charge in [-0.15, -0.1) is 0 Å². The first-order chi connectivity index (χ1) is 57.5. The van der Waals surface area contributed by atoms with E-state index < -0.39 is 20.6 Å². The van der Waals surface area contributed by atoms with E-state index in [9.17, 15) is 17.4 Å². The van der Waals surface area contributed by atoms with Crippen LogP contribution in [-0.4, -0.2) is 331 Å². The first kappa shape index (κ1) is 108. The van der Waals surface area contributed by atoms with Crippen LogP contribution in [0.25, 0.3) is 0 Å². The molecule has 8 atom stereocenters. The van der Waals surface area contributed by atoms with Crippen molar-refractivity contribution in [2.45, 2.75) is 340 Å². The summed E-state index contributed by atoms with van der Waals surface area (Å²) >= 11 is 0. The number of sulfone groups is 1. The van der Waals surface area contributed by atoms with Crippen molar-refractivity contribution in [2.24, 2.45) is 11.8 Å². The average molecular weight is 1730 g/mol. The van der Waals surface area contributed by atoms with Gasteiger partial charge in [-0.3, -0.25) is 58.0 Å². The summed E-state index contributed by atoms with van der Waals surface area (Å²) in [5, 5.41) is 0. The van der Waals surface area contributed by atoms with Crippen LogP contribution in [0.1, 0.15) is 272 Å². The van der Waals surface area contributed by atoms with Gasteiger partial charge in [0, 0.05) is 204 Å². The van der Waals surface area contributed by atoms with Gasteiger partial charge in [-0.25, -0.2) is 8.42 Å². The molecule has 11 aliphatic rings. The Bertz CT molecular complexity index is 3120. The van der Waals surface area contributed by atoms with Crippen LogP contribution < -0.4 is 0 Å². The molecule has 1 aliphatic carbocycles. The van der Waals surface area contributed by atoms with Crippen LogP contribution in [0, 0.1) is 11.8 Å².